The van der Waals surface area contributed by atoms with Gasteiger partial charge in [-0.3, -0.25) is 0 Å². The SMILES string of the molecule is COc1ccc(-c2c(C)c3ccccc3n2CCCCCCBr)cc1. The van der Waals surface area contributed by atoms with Gasteiger partial charge in [0.15, 0.2) is 0 Å². The summed E-state index contributed by atoms with van der Waals surface area (Å²) in [5.74, 6) is 0.902. The van der Waals surface area contributed by atoms with Crippen LogP contribution in [0.25, 0.3) is 22.2 Å². The summed E-state index contributed by atoms with van der Waals surface area (Å²) < 4.78 is 7.82. The predicted octanol–water partition coefficient (Wildman–Crippen LogP) is 6.58. The number of methoxy groups -OCH3 is 1. The van der Waals surface area contributed by atoms with Gasteiger partial charge in [-0.2, -0.15) is 0 Å². The fourth-order valence-corrected chi connectivity index (χ4v) is 3.94. The van der Waals surface area contributed by atoms with Crippen LogP contribution in [-0.4, -0.2) is 17.0 Å². The van der Waals surface area contributed by atoms with E-state index in [9.17, 15) is 0 Å². The molecular formula is C22H26BrNO. The molecule has 3 heteroatoms. The van der Waals surface area contributed by atoms with E-state index in [1.54, 1.807) is 7.11 Å². The fourth-order valence-electron chi connectivity index (χ4n) is 3.55. The second-order valence-corrected chi connectivity index (χ2v) is 7.27. The van der Waals surface area contributed by atoms with E-state index in [4.69, 9.17) is 4.74 Å². The average Bonchev–Trinajstić information content (AvgIpc) is 2.94. The van der Waals surface area contributed by atoms with Crippen LogP contribution < -0.4 is 4.74 Å². The number of alkyl halides is 1. The first kappa shape index (κ1) is 18.1. The molecule has 0 fully saturated rings. The van der Waals surface area contributed by atoms with Gasteiger partial charge in [0, 0.05) is 22.8 Å². The van der Waals surface area contributed by atoms with Crippen molar-refractivity contribution in [1.82, 2.24) is 4.57 Å². The van der Waals surface area contributed by atoms with Gasteiger partial charge >= 0.3 is 0 Å². The maximum Gasteiger partial charge on any atom is 0.118 e. The van der Waals surface area contributed by atoms with Crippen LogP contribution in [0.5, 0.6) is 5.75 Å². The van der Waals surface area contributed by atoms with Gasteiger partial charge in [0.2, 0.25) is 0 Å². The van der Waals surface area contributed by atoms with Crippen molar-refractivity contribution in [2.24, 2.45) is 0 Å². The average molecular weight is 400 g/mol. The van der Waals surface area contributed by atoms with Gasteiger partial charge in [-0.25, -0.2) is 0 Å². The predicted molar refractivity (Wildman–Crippen MR) is 111 cm³/mol. The number of hydrogen-bond donors (Lipinski definition) is 0. The Hall–Kier alpha value is -1.74. The maximum absolute atomic E-state index is 5.32. The van der Waals surface area contributed by atoms with Gasteiger partial charge in [-0.1, -0.05) is 47.0 Å². The van der Waals surface area contributed by atoms with E-state index in [0.717, 1.165) is 17.6 Å². The van der Waals surface area contributed by atoms with E-state index >= 15 is 0 Å². The third kappa shape index (κ3) is 3.92. The monoisotopic (exact) mass is 399 g/mol. The van der Waals surface area contributed by atoms with Crippen LogP contribution >= 0.6 is 15.9 Å². The molecule has 3 aromatic rings. The first-order valence-corrected chi connectivity index (χ1v) is 10.2. The number of halogens is 1. The van der Waals surface area contributed by atoms with Crippen LogP contribution in [0.1, 0.15) is 31.2 Å². The van der Waals surface area contributed by atoms with Crippen LogP contribution in [0.3, 0.4) is 0 Å². The lowest BCUT2D eigenvalue weighted by atomic mass is 10.1. The highest BCUT2D eigenvalue weighted by Crippen LogP contribution is 2.34. The topological polar surface area (TPSA) is 14.2 Å². The molecule has 0 saturated heterocycles. The van der Waals surface area contributed by atoms with Gasteiger partial charge in [-0.05, 0) is 61.2 Å². The summed E-state index contributed by atoms with van der Waals surface area (Å²) in [6, 6.07) is 17.2. The third-order valence-electron chi connectivity index (χ3n) is 4.85. The van der Waals surface area contributed by atoms with Crippen molar-refractivity contribution in [2.75, 3.05) is 12.4 Å². The maximum atomic E-state index is 5.32. The first-order chi connectivity index (χ1) is 12.3. The lowest BCUT2D eigenvalue weighted by Crippen LogP contribution is -2.01. The number of para-hydroxylation sites is 1. The zero-order valence-electron chi connectivity index (χ0n) is 15.1. The van der Waals surface area contributed by atoms with Crippen molar-refractivity contribution in [2.45, 2.75) is 39.2 Å². The number of aromatic nitrogens is 1. The quantitative estimate of drug-likeness (QED) is 0.308. The van der Waals surface area contributed by atoms with Gasteiger partial charge in [-0.15, -0.1) is 0 Å². The Morgan fingerprint density at radius 1 is 0.920 bits per heavy atom. The molecule has 0 aliphatic carbocycles. The largest absolute Gasteiger partial charge is 0.497 e. The Kier molecular flexibility index (Phi) is 6.19. The fraction of sp³-hybridized carbons (Fsp3) is 0.364. The Morgan fingerprint density at radius 3 is 2.36 bits per heavy atom. The number of nitrogens with zero attached hydrogens (tertiary/aromatic N) is 1. The van der Waals surface area contributed by atoms with Crippen LogP contribution in [0.15, 0.2) is 48.5 Å². The standard InChI is InChI=1S/C22H26BrNO/c1-17-20-9-5-6-10-21(20)24(16-8-4-3-7-15-23)22(17)18-11-13-19(25-2)14-12-18/h5-6,9-14H,3-4,7-8,15-16H2,1-2H3. The molecule has 2 nitrogen and oxygen atoms in total. The van der Waals surface area contributed by atoms with Crippen LogP contribution in [0.4, 0.5) is 0 Å². The molecule has 0 radical (unpaired) electrons. The molecule has 0 unspecified atom stereocenters. The van der Waals surface area contributed by atoms with Crippen LogP contribution in [0.2, 0.25) is 0 Å². The smallest absolute Gasteiger partial charge is 0.118 e. The molecule has 0 saturated carbocycles. The van der Waals surface area contributed by atoms with Crippen molar-refractivity contribution in [3.8, 4) is 17.0 Å². The zero-order valence-corrected chi connectivity index (χ0v) is 16.7. The number of fused-ring (bicyclic) bond motifs is 1. The summed E-state index contributed by atoms with van der Waals surface area (Å²) in [6.07, 6.45) is 5.05. The Labute approximate surface area is 158 Å². The number of ether oxygens (including phenoxy) is 1. The van der Waals surface area contributed by atoms with Crippen molar-refractivity contribution < 1.29 is 4.74 Å². The summed E-state index contributed by atoms with van der Waals surface area (Å²) in [7, 11) is 1.71. The number of aryl methyl sites for hydroxylation is 2. The summed E-state index contributed by atoms with van der Waals surface area (Å²) >= 11 is 3.52. The minimum absolute atomic E-state index is 0.902. The minimum atomic E-state index is 0.902. The van der Waals surface area contributed by atoms with Gasteiger partial charge in [0.1, 0.15) is 5.75 Å². The van der Waals surface area contributed by atoms with E-state index in [1.807, 2.05) is 12.1 Å². The van der Waals surface area contributed by atoms with Crippen LogP contribution in [0, 0.1) is 6.92 Å². The van der Waals surface area contributed by atoms with Crippen molar-refractivity contribution >= 4 is 26.8 Å². The van der Waals surface area contributed by atoms with Crippen molar-refractivity contribution in [1.29, 1.82) is 0 Å². The minimum Gasteiger partial charge on any atom is -0.497 e. The highest BCUT2D eigenvalue weighted by Gasteiger charge is 2.15. The Morgan fingerprint density at radius 2 is 1.64 bits per heavy atom. The molecule has 1 aromatic heterocycles. The number of unbranched alkanes of at least 4 members (excludes halogenated alkanes) is 3. The molecule has 25 heavy (non-hydrogen) atoms. The highest BCUT2D eigenvalue weighted by atomic mass is 79.9. The van der Waals surface area contributed by atoms with Crippen molar-refractivity contribution in [3.05, 3.63) is 54.1 Å². The van der Waals surface area contributed by atoms with E-state index < -0.39 is 0 Å². The van der Waals surface area contributed by atoms with Crippen molar-refractivity contribution in [3.63, 3.8) is 0 Å². The van der Waals surface area contributed by atoms with E-state index in [1.165, 1.54) is 53.4 Å². The molecule has 0 spiro atoms. The van der Waals surface area contributed by atoms with Gasteiger partial charge in [0.05, 0.1) is 12.8 Å². The third-order valence-corrected chi connectivity index (χ3v) is 5.41. The molecular weight excluding hydrogens is 374 g/mol. The second-order valence-electron chi connectivity index (χ2n) is 6.47. The summed E-state index contributed by atoms with van der Waals surface area (Å²) in [4.78, 5) is 0. The number of rotatable bonds is 8. The summed E-state index contributed by atoms with van der Waals surface area (Å²) in [5, 5.41) is 2.46. The summed E-state index contributed by atoms with van der Waals surface area (Å²) in [6.45, 7) is 3.31. The lowest BCUT2D eigenvalue weighted by molar-refractivity contribution is 0.415. The van der Waals surface area contributed by atoms with Crippen LogP contribution in [-0.2, 0) is 6.54 Å². The van der Waals surface area contributed by atoms with Gasteiger partial charge in [0.25, 0.3) is 0 Å². The van der Waals surface area contributed by atoms with E-state index in [-0.39, 0.29) is 0 Å². The second kappa shape index (κ2) is 8.57. The molecule has 3 rings (SSSR count). The Bertz CT molecular complexity index is 820. The van der Waals surface area contributed by atoms with Gasteiger partial charge < -0.3 is 9.30 Å². The molecule has 2 aromatic carbocycles. The van der Waals surface area contributed by atoms with E-state index in [2.05, 4.69) is 63.8 Å². The molecule has 0 bridgehead atoms. The molecule has 132 valence electrons. The first-order valence-electron chi connectivity index (χ1n) is 9.04. The molecule has 1 heterocycles. The zero-order chi connectivity index (χ0) is 17.6. The Balaban J connectivity index is 1.97. The highest BCUT2D eigenvalue weighted by molar-refractivity contribution is 9.09. The molecule has 0 amide bonds. The molecule has 0 aliphatic heterocycles. The number of hydrogen-bond acceptors (Lipinski definition) is 1. The summed E-state index contributed by atoms with van der Waals surface area (Å²) in [5.41, 5.74) is 5.30. The number of benzene rings is 2. The molecule has 0 atom stereocenters. The molecule has 0 aliphatic rings. The van der Waals surface area contributed by atoms with E-state index in [0.29, 0.717) is 0 Å². The lowest BCUT2D eigenvalue weighted by Gasteiger charge is -2.12. The molecule has 0 N–H and O–H groups in total. The normalized spacial score (nSPS) is 11.2.